The SMILES string of the molecule is C=C/C=C\C=C(\O)CC=N. The number of aliphatic hydroxyl groups excluding tert-OH is 1. The fourth-order valence-corrected chi connectivity index (χ4v) is 0.418. The van der Waals surface area contributed by atoms with E-state index in [1.54, 1.807) is 18.2 Å². The molecule has 0 radical (unpaired) electrons. The molecular formula is C8H11NO. The van der Waals surface area contributed by atoms with Crippen molar-refractivity contribution in [2.45, 2.75) is 6.42 Å². The fraction of sp³-hybridized carbons (Fsp3) is 0.125. The molecular weight excluding hydrogens is 126 g/mol. The Morgan fingerprint density at radius 3 is 2.70 bits per heavy atom. The van der Waals surface area contributed by atoms with E-state index in [0.717, 1.165) is 6.21 Å². The number of allylic oxidation sites excluding steroid dienone is 5. The molecule has 2 nitrogen and oxygen atoms in total. The van der Waals surface area contributed by atoms with E-state index in [2.05, 4.69) is 6.58 Å². The monoisotopic (exact) mass is 137 g/mol. The average Bonchev–Trinajstić information content (AvgIpc) is 1.89. The lowest BCUT2D eigenvalue weighted by molar-refractivity contribution is 0.406. The molecule has 0 aromatic heterocycles. The molecule has 0 bridgehead atoms. The second kappa shape index (κ2) is 5.82. The lowest BCUT2D eigenvalue weighted by atomic mass is 10.3. The summed E-state index contributed by atoms with van der Waals surface area (Å²) in [6.45, 7) is 3.46. The molecule has 0 unspecified atom stereocenters. The maximum atomic E-state index is 8.90. The van der Waals surface area contributed by atoms with E-state index in [-0.39, 0.29) is 5.76 Å². The molecule has 0 heterocycles. The minimum atomic E-state index is 0.188. The Morgan fingerprint density at radius 2 is 2.20 bits per heavy atom. The van der Waals surface area contributed by atoms with Gasteiger partial charge in [-0.3, -0.25) is 0 Å². The third kappa shape index (κ3) is 4.84. The second-order valence-electron chi connectivity index (χ2n) is 1.69. The molecule has 0 atom stereocenters. The van der Waals surface area contributed by atoms with E-state index in [0.29, 0.717) is 6.42 Å². The van der Waals surface area contributed by atoms with Gasteiger partial charge in [-0.15, -0.1) is 0 Å². The summed E-state index contributed by atoms with van der Waals surface area (Å²) in [6, 6.07) is 0. The standard InChI is InChI=1S/C8H11NO/c1-2-3-4-5-8(10)6-7-9/h2-5,7,9-10H,1,6H2/b4-3-,8-5+,9-7?. The Bertz CT molecular complexity index is 168. The zero-order valence-corrected chi connectivity index (χ0v) is 5.75. The lowest BCUT2D eigenvalue weighted by Gasteiger charge is -1.87. The average molecular weight is 137 g/mol. The summed E-state index contributed by atoms with van der Waals surface area (Å²) in [5, 5.41) is 15.5. The third-order valence-electron chi connectivity index (χ3n) is 0.847. The van der Waals surface area contributed by atoms with Gasteiger partial charge in [-0.1, -0.05) is 24.8 Å². The van der Waals surface area contributed by atoms with Crippen LogP contribution in [0.3, 0.4) is 0 Å². The van der Waals surface area contributed by atoms with Crippen LogP contribution in [0, 0.1) is 5.41 Å². The first-order chi connectivity index (χ1) is 4.81. The molecule has 0 fully saturated rings. The van der Waals surface area contributed by atoms with Crippen molar-refractivity contribution in [1.29, 1.82) is 5.41 Å². The summed E-state index contributed by atoms with van der Waals surface area (Å²) in [4.78, 5) is 0. The topological polar surface area (TPSA) is 44.1 Å². The van der Waals surface area contributed by atoms with Crippen molar-refractivity contribution in [2.24, 2.45) is 0 Å². The van der Waals surface area contributed by atoms with E-state index >= 15 is 0 Å². The molecule has 0 aliphatic rings. The number of hydrogen-bond donors (Lipinski definition) is 2. The van der Waals surface area contributed by atoms with E-state index in [1.165, 1.54) is 6.08 Å². The molecule has 0 saturated carbocycles. The predicted octanol–water partition coefficient (Wildman–Crippen LogP) is 2.21. The van der Waals surface area contributed by atoms with Crippen LogP contribution in [0.1, 0.15) is 6.42 Å². The Morgan fingerprint density at radius 1 is 1.50 bits per heavy atom. The minimum absolute atomic E-state index is 0.188. The molecule has 2 N–H and O–H groups in total. The summed E-state index contributed by atoms with van der Waals surface area (Å²) in [5.41, 5.74) is 0. The van der Waals surface area contributed by atoms with Crippen LogP contribution in [-0.2, 0) is 0 Å². The number of nitrogens with one attached hydrogen (secondary N) is 1. The molecule has 0 aromatic rings. The van der Waals surface area contributed by atoms with E-state index in [4.69, 9.17) is 10.5 Å². The fourth-order valence-electron chi connectivity index (χ4n) is 0.418. The van der Waals surface area contributed by atoms with Gasteiger partial charge >= 0.3 is 0 Å². The van der Waals surface area contributed by atoms with Crippen LogP contribution in [-0.4, -0.2) is 11.3 Å². The van der Waals surface area contributed by atoms with E-state index in [9.17, 15) is 0 Å². The molecule has 2 heteroatoms. The van der Waals surface area contributed by atoms with Crippen LogP contribution in [0.25, 0.3) is 0 Å². The molecule has 0 aliphatic heterocycles. The van der Waals surface area contributed by atoms with E-state index in [1.807, 2.05) is 0 Å². The quantitative estimate of drug-likeness (QED) is 0.348. The lowest BCUT2D eigenvalue weighted by Crippen LogP contribution is -1.79. The normalized spacial score (nSPS) is 11.8. The molecule has 0 saturated heterocycles. The van der Waals surface area contributed by atoms with Gasteiger partial charge in [0, 0.05) is 12.6 Å². The van der Waals surface area contributed by atoms with Crippen molar-refractivity contribution in [3.8, 4) is 0 Å². The summed E-state index contributed by atoms with van der Waals surface area (Å²) in [6.07, 6.45) is 7.97. The largest absolute Gasteiger partial charge is 0.512 e. The summed E-state index contributed by atoms with van der Waals surface area (Å²) >= 11 is 0. The predicted molar refractivity (Wildman–Crippen MR) is 43.4 cm³/mol. The second-order valence-corrected chi connectivity index (χ2v) is 1.69. The Hall–Kier alpha value is -1.31. The number of hydrogen-bond acceptors (Lipinski definition) is 2. The molecule has 0 aromatic carbocycles. The van der Waals surface area contributed by atoms with Crippen molar-refractivity contribution in [2.75, 3.05) is 0 Å². The maximum Gasteiger partial charge on any atom is 0.0975 e. The van der Waals surface area contributed by atoms with Gasteiger partial charge in [-0.2, -0.15) is 0 Å². The Balaban J connectivity index is 3.77. The van der Waals surface area contributed by atoms with E-state index < -0.39 is 0 Å². The molecule has 0 rings (SSSR count). The maximum absolute atomic E-state index is 8.90. The molecule has 0 amide bonds. The molecule has 54 valence electrons. The van der Waals surface area contributed by atoms with Gasteiger partial charge in [0.25, 0.3) is 0 Å². The van der Waals surface area contributed by atoms with Gasteiger partial charge in [-0.25, -0.2) is 0 Å². The first kappa shape index (κ1) is 8.69. The highest BCUT2D eigenvalue weighted by atomic mass is 16.3. The molecule has 0 spiro atoms. The minimum Gasteiger partial charge on any atom is -0.512 e. The van der Waals surface area contributed by atoms with Gasteiger partial charge in [-0.05, 0) is 6.08 Å². The highest BCUT2D eigenvalue weighted by Gasteiger charge is 1.83. The van der Waals surface area contributed by atoms with Gasteiger partial charge < -0.3 is 10.5 Å². The summed E-state index contributed by atoms with van der Waals surface area (Å²) in [5.74, 6) is 0.188. The zero-order valence-electron chi connectivity index (χ0n) is 5.75. The van der Waals surface area contributed by atoms with Crippen LogP contribution in [0.4, 0.5) is 0 Å². The van der Waals surface area contributed by atoms with Crippen molar-refractivity contribution < 1.29 is 5.11 Å². The molecule has 10 heavy (non-hydrogen) atoms. The van der Waals surface area contributed by atoms with Crippen LogP contribution in [0.15, 0.2) is 36.6 Å². The first-order valence-electron chi connectivity index (χ1n) is 2.97. The van der Waals surface area contributed by atoms with Crippen molar-refractivity contribution in [3.63, 3.8) is 0 Å². The van der Waals surface area contributed by atoms with Crippen LogP contribution in [0.5, 0.6) is 0 Å². The first-order valence-corrected chi connectivity index (χ1v) is 2.97. The van der Waals surface area contributed by atoms with Gasteiger partial charge in [0.1, 0.15) is 0 Å². The summed E-state index contributed by atoms with van der Waals surface area (Å²) in [7, 11) is 0. The van der Waals surface area contributed by atoms with Crippen LogP contribution >= 0.6 is 0 Å². The summed E-state index contributed by atoms with van der Waals surface area (Å²) < 4.78 is 0. The number of aliphatic hydroxyl groups is 1. The molecule has 0 aliphatic carbocycles. The zero-order chi connectivity index (χ0) is 7.82. The van der Waals surface area contributed by atoms with Crippen molar-refractivity contribution in [3.05, 3.63) is 36.6 Å². The number of rotatable bonds is 4. The van der Waals surface area contributed by atoms with Crippen LogP contribution in [0.2, 0.25) is 0 Å². The van der Waals surface area contributed by atoms with Gasteiger partial charge in [0.05, 0.1) is 5.76 Å². The van der Waals surface area contributed by atoms with Crippen molar-refractivity contribution >= 4 is 6.21 Å². The van der Waals surface area contributed by atoms with Gasteiger partial charge in [0.2, 0.25) is 0 Å². The van der Waals surface area contributed by atoms with Crippen LogP contribution < -0.4 is 0 Å². The van der Waals surface area contributed by atoms with Gasteiger partial charge in [0.15, 0.2) is 0 Å². The highest BCUT2D eigenvalue weighted by molar-refractivity contribution is 5.56. The third-order valence-corrected chi connectivity index (χ3v) is 0.847. The van der Waals surface area contributed by atoms with Crippen molar-refractivity contribution in [1.82, 2.24) is 0 Å². The highest BCUT2D eigenvalue weighted by Crippen LogP contribution is 1.92. The Labute approximate surface area is 60.7 Å². The Kier molecular flexibility index (Phi) is 5.06. The smallest absolute Gasteiger partial charge is 0.0975 e.